The number of hydrogen-bond donors (Lipinski definition) is 1. The van der Waals surface area contributed by atoms with Crippen LogP contribution in [0.25, 0.3) is 0 Å². The van der Waals surface area contributed by atoms with E-state index >= 15 is 0 Å². The van der Waals surface area contributed by atoms with Crippen LogP contribution in [0.15, 0.2) is 24.4 Å². The first-order valence-corrected chi connectivity index (χ1v) is 6.18. The van der Waals surface area contributed by atoms with E-state index in [1.54, 1.807) is 6.20 Å². The number of nitrogens with one attached hydrogen (secondary N) is 1. The Morgan fingerprint density at radius 2 is 2.00 bits per heavy atom. The fraction of sp³-hybridized carbons (Fsp3) is 0.357. The second kappa shape index (κ2) is 5.58. The molecule has 0 radical (unpaired) electrons. The second-order valence-electron chi connectivity index (χ2n) is 4.23. The summed E-state index contributed by atoms with van der Waals surface area (Å²) in [5.41, 5.74) is 3.12. The van der Waals surface area contributed by atoms with Crippen LogP contribution in [-0.4, -0.2) is 21.5 Å². The highest BCUT2D eigenvalue weighted by Crippen LogP contribution is 2.15. The van der Waals surface area contributed by atoms with Crippen LogP contribution in [0.3, 0.4) is 0 Å². The first-order chi connectivity index (χ1) is 8.70. The molecule has 0 aliphatic carbocycles. The first-order valence-electron chi connectivity index (χ1n) is 6.18. The topological polar surface area (TPSA) is 50.7 Å². The van der Waals surface area contributed by atoms with Crippen LogP contribution in [0, 0.1) is 13.8 Å². The molecular weight excluding hydrogens is 224 g/mol. The zero-order valence-corrected chi connectivity index (χ0v) is 11.1. The van der Waals surface area contributed by atoms with Crippen molar-refractivity contribution in [2.75, 3.05) is 11.9 Å². The summed E-state index contributed by atoms with van der Waals surface area (Å²) in [7, 11) is 0. The number of anilines is 1. The Morgan fingerprint density at radius 3 is 2.67 bits per heavy atom. The van der Waals surface area contributed by atoms with E-state index in [4.69, 9.17) is 0 Å². The summed E-state index contributed by atoms with van der Waals surface area (Å²) >= 11 is 0. The molecule has 4 nitrogen and oxygen atoms in total. The van der Waals surface area contributed by atoms with E-state index in [9.17, 15) is 0 Å². The SMILES string of the molecule is CCNc1nc(Cc2ccccn2)nc(C)c1C. The molecule has 0 bridgehead atoms. The van der Waals surface area contributed by atoms with Gasteiger partial charge in [0.15, 0.2) is 0 Å². The van der Waals surface area contributed by atoms with E-state index in [0.717, 1.165) is 35.1 Å². The second-order valence-corrected chi connectivity index (χ2v) is 4.23. The number of aromatic nitrogens is 3. The quantitative estimate of drug-likeness (QED) is 0.895. The van der Waals surface area contributed by atoms with E-state index in [-0.39, 0.29) is 0 Å². The molecule has 18 heavy (non-hydrogen) atoms. The molecule has 0 amide bonds. The average Bonchev–Trinajstić information content (AvgIpc) is 2.37. The van der Waals surface area contributed by atoms with Crippen LogP contribution >= 0.6 is 0 Å². The van der Waals surface area contributed by atoms with Crippen LogP contribution in [-0.2, 0) is 6.42 Å². The molecule has 2 rings (SSSR count). The summed E-state index contributed by atoms with van der Waals surface area (Å²) in [5, 5.41) is 3.27. The Labute approximate surface area is 108 Å². The van der Waals surface area contributed by atoms with Crippen LogP contribution in [0.1, 0.15) is 29.7 Å². The third kappa shape index (κ3) is 2.83. The van der Waals surface area contributed by atoms with E-state index in [1.165, 1.54) is 0 Å². The minimum absolute atomic E-state index is 0.667. The summed E-state index contributed by atoms with van der Waals surface area (Å²) in [4.78, 5) is 13.4. The van der Waals surface area contributed by atoms with Gasteiger partial charge in [-0.05, 0) is 32.9 Å². The third-order valence-corrected chi connectivity index (χ3v) is 2.85. The average molecular weight is 242 g/mol. The highest BCUT2D eigenvalue weighted by atomic mass is 15.0. The Balaban J connectivity index is 2.28. The van der Waals surface area contributed by atoms with Crippen LogP contribution in [0.2, 0.25) is 0 Å². The van der Waals surface area contributed by atoms with E-state index in [1.807, 2.05) is 32.0 Å². The molecule has 2 heterocycles. The summed E-state index contributed by atoms with van der Waals surface area (Å²) in [5.74, 6) is 1.74. The molecule has 0 aliphatic rings. The Morgan fingerprint density at radius 1 is 1.17 bits per heavy atom. The predicted molar refractivity (Wildman–Crippen MR) is 72.7 cm³/mol. The number of hydrogen-bond acceptors (Lipinski definition) is 4. The lowest BCUT2D eigenvalue weighted by atomic mass is 10.2. The summed E-state index contributed by atoms with van der Waals surface area (Å²) in [6.45, 7) is 6.98. The highest BCUT2D eigenvalue weighted by molar-refractivity contribution is 5.45. The van der Waals surface area contributed by atoms with Gasteiger partial charge in [-0.2, -0.15) is 0 Å². The minimum atomic E-state index is 0.667. The molecule has 0 spiro atoms. The lowest BCUT2D eigenvalue weighted by Crippen LogP contribution is -2.08. The fourth-order valence-electron chi connectivity index (χ4n) is 1.77. The van der Waals surface area contributed by atoms with Crippen molar-refractivity contribution in [1.29, 1.82) is 0 Å². The van der Waals surface area contributed by atoms with E-state index < -0.39 is 0 Å². The van der Waals surface area contributed by atoms with Gasteiger partial charge in [0.05, 0.1) is 6.42 Å². The summed E-state index contributed by atoms with van der Waals surface area (Å²) in [6, 6.07) is 5.88. The fourth-order valence-corrected chi connectivity index (χ4v) is 1.77. The normalized spacial score (nSPS) is 10.4. The lowest BCUT2D eigenvalue weighted by molar-refractivity contribution is 0.902. The van der Waals surface area contributed by atoms with Crippen molar-refractivity contribution < 1.29 is 0 Å². The zero-order valence-electron chi connectivity index (χ0n) is 11.1. The standard InChI is InChI=1S/C14H18N4/c1-4-15-14-10(2)11(3)17-13(18-14)9-12-7-5-6-8-16-12/h5-8H,4,9H2,1-3H3,(H,15,17,18). The zero-order chi connectivity index (χ0) is 13.0. The minimum Gasteiger partial charge on any atom is -0.370 e. The van der Waals surface area contributed by atoms with Crippen molar-refractivity contribution in [3.8, 4) is 0 Å². The molecule has 4 heteroatoms. The predicted octanol–water partition coefficient (Wildman–Crippen LogP) is 2.51. The van der Waals surface area contributed by atoms with Gasteiger partial charge in [0.1, 0.15) is 11.6 Å². The molecule has 94 valence electrons. The van der Waals surface area contributed by atoms with E-state index in [0.29, 0.717) is 6.42 Å². The van der Waals surface area contributed by atoms with E-state index in [2.05, 4.69) is 27.2 Å². The largest absolute Gasteiger partial charge is 0.370 e. The van der Waals surface area contributed by atoms with Crippen LogP contribution in [0.5, 0.6) is 0 Å². The van der Waals surface area contributed by atoms with Crippen molar-refractivity contribution in [2.45, 2.75) is 27.2 Å². The Hall–Kier alpha value is -1.97. The molecule has 2 aromatic heterocycles. The molecule has 0 aliphatic heterocycles. The maximum atomic E-state index is 4.56. The smallest absolute Gasteiger partial charge is 0.136 e. The van der Waals surface area contributed by atoms with Gasteiger partial charge in [0.2, 0.25) is 0 Å². The number of pyridine rings is 1. The van der Waals surface area contributed by atoms with Gasteiger partial charge in [-0.25, -0.2) is 9.97 Å². The van der Waals surface area contributed by atoms with Gasteiger partial charge in [0, 0.05) is 29.7 Å². The molecule has 0 atom stereocenters. The van der Waals surface area contributed by atoms with Gasteiger partial charge in [-0.15, -0.1) is 0 Å². The monoisotopic (exact) mass is 242 g/mol. The number of nitrogens with zero attached hydrogens (tertiary/aromatic N) is 3. The molecule has 0 aromatic carbocycles. The maximum Gasteiger partial charge on any atom is 0.136 e. The molecule has 2 aromatic rings. The van der Waals surface area contributed by atoms with Crippen molar-refractivity contribution in [2.24, 2.45) is 0 Å². The molecule has 0 saturated carbocycles. The molecule has 1 N–H and O–H groups in total. The third-order valence-electron chi connectivity index (χ3n) is 2.85. The van der Waals surface area contributed by atoms with Gasteiger partial charge in [-0.1, -0.05) is 6.07 Å². The van der Waals surface area contributed by atoms with Gasteiger partial charge in [-0.3, -0.25) is 4.98 Å². The van der Waals surface area contributed by atoms with Crippen molar-refractivity contribution in [3.05, 3.63) is 47.2 Å². The molecule has 0 fully saturated rings. The molecule has 0 saturated heterocycles. The van der Waals surface area contributed by atoms with Gasteiger partial charge >= 0.3 is 0 Å². The van der Waals surface area contributed by atoms with Gasteiger partial charge < -0.3 is 5.32 Å². The van der Waals surface area contributed by atoms with Crippen molar-refractivity contribution in [1.82, 2.24) is 15.0 Å². The Bertz CT molecular complexity index is 523. The number of aryl methyl sites for hydroxylation is 1. The molecular formula is C14H18N4. The summed E-state index contributed by atoms with van der Waals surface area (Å²) < 4.78 is 0. The van der Waals surface area contributed by atoms with Crippen LogP contribution < -0.4 is 5.32 Å². The molecule has 0 unspecified atom stereocenters. The lowest BCUT2D eigenvalue weighted by Gasteiger charge is -2.10. The first kappa shape index (κ1) is 12.5. The van der Waals surface area contributed by atoms with Crippen molar-refractivity contribution in [3.63, 3.8) is 0 Å². The Kier molecular flexibility index (Phi) is 3.87. The number of rotatable bonds is 4. The highest BCUT2D eigenvalue weighted by Gasteiger charge is 2.08. The van der Waals surface area contributed by atoms with Crippen LogP contribution in [0.4, 0.5) is 5.82 Å². The van der Waals surface area contributed by atoms with Gasteiger partial charge in [0.25, 0.3) is 0 Å². The maximum absolute atomic E-state index is 4.56. The van der Waals surface area contributed by atoms with Crippen molar-refractivity contribution >= 4 is 5.82 Å². The summed E-state index contributed by atoms with van der Waals surface area (Å²) in [6.07, 6.45) is 2.46.